The van der Waals surface area contributed by atoms with Crippen molar-refractivity contribution in [1.29, 1.82) is 0 Å². The molecule has 4 heteroatoms. The second-order valence-electron chi connectivity index (χ2n) is 7.26. The molecule has 1 amide bonds. The first kappa shape index (κ1) is 16.7. The molecule has 1 heterocycles. The van der Waals surface area contributed by atoms with Crippen LogP contribution in [0, 0.1) is 5.92 Å². The van der Waals surface area contributed by atoms with Gasteiger partial charge < -0.3 is 10.3 Å². The average Bonchev–Trinajstić information content (AvgIpc) is 2.54. The van der Waals surface area contributed by atoms with Gasteiger partial charge in [-0.3, -0.25) is 9.59 Å². The Kier molecular flexibility index (Phi) is 5.03. The van der Waals surface area contributed by atoms with E-state index in [0.29, 0.717) is 12.3 Å². The Bertz CT molecular complexity index is 786. The van der Waals surface area contributed by atoms with Gasteiger partial charge in [0, 0.05) is 23.6 Å². The summed E-state index contributed by atoms with van der Waals surface area (Å²) in [6.45, 7) is 4.15. The first-order valence-corrected chi connectivity index (χ1v) is 9.00. The molecule has 1 aromatic heterocycles. The van der Waals surface area contributed by atoms with Gasteiger partial charge in [-0.15, -0.1) is 0 Å². The van der Waals surface area contributed by atoms with Crippen LogP contribution >= 0.6 is 0 Å². The van der Waals surface area contributed by atoms with Crippen molar-refractivity contribution in [1.82, 2.24) is 4.98 Å². The van der Waals surface area contributed by atoms with Gasteiger partial charge in [0.25, 0.3) is 0 Å². The molecule has 4 nitrogen and oxygen atoms in total. The van der Waals surface area contributed by atoms with E-state index in [1.807, 2.05) is 18.2 Å². The topological polar surface area (TPSA) is 62.0 Å². The minimum atomic E-state index is -0.100. The van der Waals surface area contributed by atoms with E-state index in [2.05, 4.69) is 24.1 Å². The van der Waals surface area contributed by atoms with Crippen molar-refractivity contribution >= 4 is 22.5 Å². The maximum absolute atomic E-state index is 12.3. The van der Waals surface area contributed by atoms with Gasteiger partial charge in [0.2, 0.25) is 11.5 Å². The number of anilines is 1. The van der Waals surface area contributed by atoms with Gasteiger partial charge in [-0.25, -0.2) is 0 Å². The van der Waals surface area contributed by atoms with Crippen molar-refractivity contribution < 1.29 is 4.79 Å². The number of pyridine rings is 1. The predicted octanol–water partition coefficient (Wildman–Crippen LogP) is 4.56. The molecule has 0 saturated heterocycles. The van der Waals surface area contributed by atoms with Gasteiger partial charge in [0.15, 0.2) is 0 Å². The van der Waals surface area contributed by atoms with Crippen LogP contribution in [-0.4, -0.2) is 10.9 Å². The summed E-state index contributed by atoms with van der Waals surface area (Å²) in [4.78, 5) is 27.0. The Morgan fingerprint density at radius 1 is 1.21 bits per heavy atom. The van der Waals surface area contributed by atoms with Crippen molar-refractivity contribution in [3.05, 3.63) is 40.2 Å². The lowest BCUT2D eigenvalue weighted by atomic mass is 9.87. The van der Waals surface area contributed by atoms with E-state index in [4.69, 9.17) is 0 Å². The van der Waals surface area contributed by atoms with Crippen LogP contribution in [0.4, 0.5) is 5.69 Å². The molecule has 0 bridgehead atoms. The molecular weight excluding hydrogens is 300 g/mol. The van der Waals surface area contributed by atoms with Crippen molar-refractivity contribution in [2.45, 2.75) is 58.3 Å². The molecule has 1 aliphatic carbocycles. The summed E-state index contributed by atoms with van der Waals surface area (Å²) in [7, 11) is 0. The first-order valence-electron chi connectivity index (χ1n) is 9.00. The predicted molar refractivity (Wildman–Crippen MR) is 98.5 cm³/mol. The maximum atomic E-state index is 12.3. The smallest absolute Gasteiger partial charge is 0.248 e. The van der Waals surface area contributed by atoms with E-state index < -0.39 is 0 Å². The molecule has 2 N–H and O–H groups in total. The fourth-order valence-electron chi connectivity index (χ4n) is 3.71. The van der Waals surface area contributed by atoms with Gasteiger partial charge in [-0.05, 0) is 42.4 Å². The average molecular weight is 326 g/mol. The minimum absolute atomic E-state index is 0.0728. The molecule has 0 aliphatic heterocycles. The Morgan fingerprint density at radius 3 is 2.67 bits per heavy atom. The molecule has 128 valence electrons. The highest BCUT2D eigenvalue weighted by Gasteiger charge is 2.17. The minimum Gasteiger partial charge on any atom is -0.326 e. The summed E-state index contributed by atoms with van der Waals surface area (Å²) in [6.07, 6.45) is 6.71. The van der Waals surface area contributed by atoms with Crippen molar-refractivity contribution in [3.8, 4) is 0 Å². The van der Waals surface area contributed by atoms with Gasteiger partial charge in [0.05, 0.1) is 5.52 Å². The number of hydrogen-bond donors (Lipinski definition) is 2. The lowest BCUT2D eigenvalue weighted by Gasteiger charge is -2.20. The largest absolute Gasteiger partial charge is 0.326 e. The first-order chi connectivity index (χ1) is 11.5. The number of aromatic nitrogens is 1. The highest BCUT2D eigenvalue weighted by molar-refractivity contribution is 5.94. The van der Waals surface area contributed by atoms with Crippen LogP contribution < -0.4 is 10.9 Å². The number of nitrogens with one attached hydrogen (secondary N) is 2. The Morgan fingerprint density at radius 2 is 1.96 bits per heavy atom. The van der Waals surface area contributed by atoms with Gasteiger partial charge in [-0.1, -0.05) is 39.2 Å². The van der Waals surface area contributed by atoms with Crippen LogP contribution in [0.3, 0.4) is 0 Å². The van der Waals surface area contributed by atoms with Crippen LogP contribution in [0.1, 0.15) is 63.9 Å². The number of H-pyrrole nitrogens is 1. The summed E-state index contributed by atoms with van der Waals surface area (Å²) in [6, 6.07) is 7.43. The number of fused-ring (bicyclic) bond motifs is 1. The van der Waals surface area contributed by atoms with Crippen molar-refractivity contribution in [2.24, 2.45) is 5.92 Å². The number of aromatic amines is 1. The standard InChI is InChI=1S/C20H26N2O2/c1-13(2)17-12-20(24)22-18-11-15(8-9-16(17)18)21-19(23)10-14-6-4-3-5-7-14/h8-9,11-14H,3-7,10H2,1-2H3,(H,21,23)(H,22,24). The van der Waals surface area contributed by atoms with Gasteiger partial charge in [-0.2, -0.15) is 0 Å². The van der Waals surface area contributed by atoms with Crippen LogP contribution in [0.5, 0.6) is 0 Å². The zero-order chi connectivity index (χ0) is 17.1. The number of carbonyl (C=O) groups is 1. The fraction of sp³-hybridized carbons (Fsp3) is 0.500. The Balaban J connectivity index is 1.78. The second-order valence-corrected chi connectivity index (χ2v) is 7.26. The maximum Gasteiger partial charge on any atom is 0.248 e. The summed E-state index contributed by atoms with van der Waals surface area (Å²) < 4.78 is 0. The molecule has 24 heavy (non-hydrogen) atoms. The highest BCUT2D eigenvalue weighted by atomic mass is 16.1. The highest BCUT2D eigenvalue weighted by Crippen LogP contribution is 2.28. The van der Waals surface area contributed by atoms with E-state index in [1.54, 1.807) is 6.07 Å². The molecule has 0 atom stereocenters. The summed E-state index contributed by atoms with van der Waals surface area (Å²) in [5.74, 6) is 0.872. The molecular formula is C20H26N2O2. The molecule has 0 spiro atoms. The zero-order valence-electron chi connectivity index (χ0n) is 14.5. The quantitative estimate of drug-likeness (QED) is 0.865. The molecule has 0 radical (unpaired) electrons. The van der Waals surface area contributed by atoms with E-state index >= 15 is 0 Å². The van der Waals surface area contributed by atoms with Gasteiger partial charge >= 0.3 is 0 Å². The SMILES string of the molecule is CC(C)c1cc(=O)[nH]c2cc(NC(=O)CC3CCCCC3)ccc12. The Hall–Kier alpha value is -2.10. The summed E-state index contributed by atoms with van der Waals surface area (Å²) in [5.41, 5.74) is 2.47. The molecule has 3 rings (SSSR count). The molecule has 1 aromatic carbocycles. The lowest BCUT2D eigenvalue weighted by molar-refractivity contribution is -0.117. The number of hydrogen-bond acceptors (Lipinski definition) is 2. The third-order valence-electron chi connectivity index (χ3n) is 4.98. The lowest BCUT2D eigenvalue weighted by Crippen LogP contribution is -2.18. The van der Waals surface area contributed by atoms with Crippen molar-refractivity contribution in [2.75, 3.05) is 5.32 Å². The number of rotatable bonds is 4. The fourth-order valence-corrected chi connectivity index (χ4v) is 3.71. The second kappa shape index (κ2) is 7.20. The van der Waals surface area contributed by atoms with E-state index in [0.717, 1.165) is 35.0 Å². The zero-order valence-corrected chi connectivity index (χ0v) is 14.5. The molecule has 1 saturated carbocycles. The monoisotopic (exact) mass is 326 g/mol. The van der Waals surface area contributed by atoms with Gasteiger partial charge in [0.1, 0.15) is 0 Å². The summed E-state index contributed by atoms with van der Waals surface area (Å²) in [5, 5.41) is 4.03. The third-order valence-corrected chi connectivity index (χ3v) is 4.98. The van der Waals surface area contributed by atoms with E-state index in [1.165, 1.54) is 19.3 Å². The van der Waals surface area contributed by atoms with E-state index in [9.17, 15) is 9.59 Å². The van der Waals surface area contributed by atoms with E-state index in [-0.39, 0.29) is 17.4 Å². The van der Waals surface area contributed by atoms with Crippen molar-refractivity contribution in [3.63, 3.8) is 0 Å². The molecule has 0 unspecified atom stereocenters. The normalized spacial score (nSPS) is 15.8. The molecule has 1 fully saturated rings. The van der Waals surface area contributed by atoms with Crippen LogP contribution in [0.25, 0.3) is 10.9 Å². The number of amides is 1. The third kappa shape index (κ3) is 3.86. The Labute approximate surface area is 142 Å². The number of carbonyl (C=O) groups excluding carboxylic acids is 1. The summed E-state index contributed by atoms with van der Waals surface area (Å²) >= 11 is 0. The van der Waals surface area contributed by atoms with Crippen LogP contribution in [0.15, 0.2) is 29.1 Å². The van der Waals surface area contributed by atoms with Crippen LogP contribution in [0.2, 0.25) is 0 Å². The molecule has 2 aromatic rings. The molecule has 1 aliphatic rings. The number of benzene rings is 1. The van der Waals surface area contributed by atoms with Crippen LogP contribution in [-0.2, 0) is 4.79 Å².